The zero-order valence-corrected chi connectivity index (χ0v) is 23.1. The minimum atomic E-state index is -3.83. The van der Waals surface area contributed by atoms with Crippen LogP contribution in [0.3, 0.4) is 0 Å². The summed E-state index contributed by atoms with van der Waals surface area (Å²) < 4.78 is 33.0. The van der Waals surface area contributed by atoms with Crippen LogP contribution in [0.2, 0.25) is 0 Å². The Morgan fingerprint density at radius 2 is 1.74 bits per heavy atom. The zero-order valence-electron chi connectivity index (χ0n) is 20.7. The van der Waals surface area contributed by atoms with Crippen molar-refractivity contribution in [2.45, 2.75) is 46.2 Å². The number of unbranched alkanes of at least 4 members (excludes halogenated alkanes) is 1. The van der Waals surface area contributed by atoms with Gasteiger partial charge in [0.25, 0.3) is 0 Å². The summed E-state index contributed by atoms with van der Waals surface area (Å²) in [7, 11) is -3.83. The van der Waals surface area contributed by atoms with Crippen LogP contribution in [0.25, 0.3) is 0 Å². The number of para-hydroxylation sites is 2. The summed E-state index contributed by atoms with van der Waals surface area (Å²) in [5, 5.41) is 2.86. The lowest BCUT2D eigenvalue weighted by Crippen LogP contribution is -2.51. The minimum absolute atomic E-state index is 0.152. The van der Waals surface area contributed by atoms with Gasteiger partial charge in [0.2, 0.25) is 21.8 Å². The Hall–Kier alpha value is -2.59. The van der Waals surface area contributed by atoms with Gasteiger partial charge in [-0.1, -0.05) is 53.5 Å². The highest BCUT2D eigenvalue weighted by Crippen LogP contribution is 2.30. The van der Waals surface area contributed by atoms with E-state index >= 15 is 0 Å². The third kappa shape index (κ3) is 8.54. The molecule has 0 radical (unpaired) electrons. The number of anilines is 1. The van der Waals surface area contributed by atoms with Gasteiger partial charge < -0.3 is 15.0 Å². The molecule has 8 nitrogen and oxygen atoms in total. The van der Waals surface area contributed by atoms with Gasteiger partial charge in [-0.2, -0.15) is 0 Å². The lowest BCUT2D eigenvalue weighted by Gasteiger charge is -2.32. The van der Waals surface area contributed by atoms with E-state index in [0.717, 1.165) is 33.4 Å². The maximum atomic E-state index is 13.6. The first-order valence-electron chi connectivity index (χ1n) is 11.6. The molecule has 2 aromatic carbocycles. The normalized spacial score (nSPS) is 12.0. The highest BCUT2D eigenvalue weighted by Gasteiger charge is 2.31. The predicted molar refractivity (Wildman–Crippen MR) is 142 cm³/mol. The van der Waals surface area contributed by atoms with E-state index in [2.05, 4.69) is 21.2 Å². The van der Waals surface area contributed by atoms with Gasteiger partial charge in [-0.3, -0.25) is 13.9 Å². The van der Waals surface area contributed by atoms with E-state index in [1.165, 1.54) is 4.90 Å². The molecule has 0 heterocycles. The number of carbonyl (C=O) groups excluding carboxylic acids is 2. The molecule has 0 saturated heterocycles. The number of sulfonamides is 1. The number of rotatable bonds is 13. The van der Waals surface area contributed by atoms with Crippen LogP contribution in [-0.4, -0.2) is 57.1 Å². The quantitative estimate of drug-likeness (QED) is 0.370. The van der Waals surface area contributed by atoms with Crippen LogP contribution in [0.15, 0.2) is 53.0 Å². The van der Waals surface area contributed by atoms with Crippen LogP contribution in [-0.2, 0) is 26.2 Å². The fraction of sp³-hybridized carbons (Fsp3) is 0.440. The molecule has 0 aliphatic heterocycles. The summed E-state index contributed by atoms with van der Waals surface area (Å²) in [5.74, 6) is -0.426. The van der Waals surface area contributed by atoms with E-state index in [-0.39, 0.29) is 18.1 Å². The van der Waals surface area contributed by atoms with E-state index in [9.17, 15) is 18.0 Å². The van der Waals surface area contributed by atoms with Crippen LogP contribution in [0.1, 0.15) is 39.2 Å². The number of carbonyl (C=O) groups is 2. The van der Waals surface area contributed by atoms with Crippen molar-refractivity contribution in [2.75, 3.05) is 30.3 Å². The third-order valence-electron chi connectivity index (χ3n) is 5.38. The molecule has 35 heavy (non-hydrogen) atoms. The number of hydrogen-bond donors (Lipinski definition) is 1. The van der Waals surface area contributed by atoms with Crippen molar-refractivity contribution >= 4 is 43.5 Å². The number of halogens is 1. The molecule has 192 valence electrons. The molecule has 0 aromatic heterocycles. The Bertz CT molecular complexity index is 1090. The summed E-state index contributed by atoms with van der Waals surface area (Å²) in [6, 6.07) is 13.3. The maximum absolute atomic E-state index is 13.6. The number of benzene rings is 2. The van der Waals surface area contributed by atoms with E-state index < -0.39 is 28.5 Å². The van der Waals surface area contributed by atoms with Crippen LogP contribution >= 0.6 is 15.9 Å². The Labute approximate surface area is 216 Å². The van der Waals surface area contributed by atoms with Gasteiger partial charge in [-0.05, 0) is 50.1 Å². The third-order valence-corrected chi connectivity index (χ3v) is 7.03. The molecule has 0 bridgehead atoms. The number of hydrogen-bond acceptors (Lipinski definition) is 5. The fourth-order valence-corrected chi connectivity index (χ4v) is 4.56. The maximum Gasteiger partial charge on any atom is 0.244 e. The Morgan fingerprint density at radius 1 is 1.09 bits per heavy atom. The number of nitrogens with zero attached hydrogens (tertiary/aromatic N) is 2. The second kappa shape index (κ2) is 13.5. The predicted octanol–water partition coefficient (Wildman–Crippen LogP) is 3.95. The van der Waals surface area contributed by atoms with Gasteiger partial charge in [-0.15, -0.1) is 0 Å². The molecule has 2 aromatic rings. The Morgan fingerprint density at radius 3 is 2.34 bits per heavy atom. The van der Waals surface area contributed by atoms with E-state index in [1.54, 1.807) is 38.1 Å². The first-order chi connectivity index (χ1) is 16.6. The second-order valence-electron chi connectivity index (χ2n) is 8.14. The molecule has 10 heteroatoms. The van der Waals surface area contributed by atoms with E-state index in [4.69, 9.17) is 4.74 Å². The molecule has 0 spiro atoms. The molecule has 0 aliphatic carbocycles. The first-order valence-corrected chi connectivity index (χ1v) is 14.2. The molecule has 0 fully saturated rings. The Balaban J connectivity index is 2.38. The molecule has 0 saturated carbocycles. The lowest BCUT2D eigenvalue weighted by atomic mass is 10.1. The standard InChI is InChI=1S/C25H34BrN3O5S/c1-5-7-16-27-25(31)19(3)28(17-20-12-14-21(26)15-13-20)24(30)18-29(35(4,32)33)22-10-8-9-11-23(22)34-6-2/h8-15,19H,5-7,16-18H2,1-4H3,(H,27,31)/t19-/m0/s1. The summed E-state index contributed by atoms with van der Waals surface area (Å²) >= 11 is 3.40. The minimum Gasteiger partial charge on any atom is -0.492 e. The van der Waals surface area contributed by atoms with Crippen LogP contribution in [0.5, 0.6) is 5.75 Å². The van der Waals surface area contributed by atoms with Crippen molar-refractivity contribution < 1.29 is 22.7 Å². The van der Waals surface area contributed by atoms with Crippen LogP contribution in [0, 0.1) is 0 Å². The summed E-state index contributed by atoms with van der Waals surface area (Å²) in [6.45, 7) is 6.01. The number of nitrogens with one attached hydrogen (secondary N) is 1. The molecule has 1 N–H and O–H groups in total. The van der Waals surface area contributed by atoms with Gasteiger partial charge in [0.15, 0.2) is 0 Å². The molecular formula is C25H34BrN3O5S. The Kier molecular flexibility index (Phi) is 11.0. The van der Waals surface area contributed by atoms with Crippen molar-refractivity contribution in [1.29, 1.82) is 0 Å². The smallest absolute Gasteiger partial charge is 0.244 e. The number of amides is 2. The molecule has 2 rings (SSSR count). The monoisotopic (exact) mass is 567 g/mol. The largest absolute Gasteiger partial charge is 0.492 e. The average Bonchev–Trinajstić information content (AvgIpc) is 2.81. The van der Waals surface area contributed by atoms with Crippen molar-refractivity contribution in [3.8, 4) is 5.75 Å². The second-order valence-corrected chi connectivity index (χ2v) is 11.0. The van der Waals surface area contributed by atoms with E-state index in [0.29, 0.717) is 18.9 Å². The zero-order chi connectivity index (χ0) is 26.0. The summed E-state index contributed by atoms with van der Waals surface area (Å²) in [4.78, 5) is 27.8. The molecular weight excluding hydrogens is 534 g/mol. The van der Waals surface area contributed by atoms with Crippen molar-refractivity contribution in [2.24, 2.45) is 0 Å². The fourth-order valence-electron chi connectivity index (χ4n) is 3.44. The van der Waals surface area contributed by atoms with E-state index in [1.807, 2.05) is 31.2 Å². The molecule has 0 unspecified atom stereocenters. The van der Waals surface area contributed by atoms with Gasteiger partial charge in [0, 0.05) is 17.6 Å². The van der Waals surface area contributed by atoms with Gasteiger partial charge >= 0.3 is 0 Å². The van der Waals surface area contributed by atoms with Crippen LogP contribution in [0.4, 0.5) is 5.69 Å². The topological polar surface area (TPSA) is 96.0 Å². The van der Waals surface area contributed by atoms with Crippen molar-refractivity contribution in [1.82, 2.24) is 10.2 Å². The highest BCUT2D eigenvalue weighted by molar-refractivity contribution is 9.10. The summed E-state index contributed by atoms with van der Waals surface area (Å²) in [5.41, 5.74) is 1.09. The SMILES string of the molecule is CCCCNC(=O)[C@H](C)N(Cc1ccc(Br)cc1)C(=O)CN(c1ccccc1OCC)S(C)(=O)=O. The lowest BCUT2D eigenvalue weighted by molar-refractivity contribution is -0.139. The molecule has 1 atom stereocenters. The van der Waals surface area contributed by atoms with Gasteiger partial charge in [0.1, 0.15) is 18.3 Å². The molecule has 0 aliphatic rings. The van der Waals surface area contributed by atoms with Crippen molar-refractivity contribution in [3.63, 3.8) is 0 Å². The van der Waals surface area contributed by atoms with Gasteiger partial charge in [-0.25, -0.2) is 8.42 Å². The van der Waals surface area contributed by atoms with Crippen LogP contribution < -0.4 is 14.4 Å². The summed E-state index contributed by atoms with van der Waals surface area (Å²) in [6.07, 6.45) is 2.80. The molecule has 2 amide bonds. The van der Waals surface area contributed by atoms with Crippen molar-refractivity contribution in [3.05, 3.63) is 58.6 Å². The van der Waals surface area contributed by atoms with Gasteiger partial charge in [0.05, 0.1) is 18.6 Å². The first kappa shape index (κ1) is 28.6. The number of ether oxygens (including phenoxy) is 1. The average molecular weight is 569 g/mol. The highest BCUT2D eigenvalue weighted by atomic mass is 79.9.